The van der Waals surface area contributed by atoms with Crippen molar-refractivity contribution in [3.63, 3.8) is 0 Å². The number of likely N-dealkylation sites (N-methyl/N-ethyl adjacent to an activating group) is 1. The van der Waals surface area contributed by atoms with Gasteiger partial charge in [0.2, 0.25) is 0 Å². The van der Waals surface area contributed by atoms with E-state index < -0.39 is 0 Å². The molecule has 0 spiro atoms. The standard InChI is InChI=1S/C4H9N.C3H7N/c1-5-3-2-4-5;1-4-2-3-4/h2-4H2,1H3;2-3H2,1H3. The van der Waals surface area contributed by atoms with E-state index >= 15 is 0 Å². The van der Waals surface area contributed by atoms with Crippen molar-refractivity contribution in [2.45, 2.75) is 6.42 Å². The minimum absolute atomic E-state index is 1.32. The maximum absolute atomic E-state index is 2.31. The molecule has 2 aliphatic heterocycles. The molecule has 2 nitrogen and oxygen atoms in total. The molecule has 0 aliphatic carbocycles. The fourth-order valence-corrected chi connectivity index (χ4v) is 0.574. The van der Waals surface area contributed by atoms with Crippen molar-refractivity contribution in [1.29, 1.82) is 0 Å². The summed E-state index contributed by atoms with van der Waals surface area (Å²) in [5.74, 6) is 0. The third-order valence-corrected chi connectivity index (χ3v) is 1.75. The highest BCUT2D eigenvalue weighted by molar-refractivity contribution is 4.64. The zero-order valence-electron chi connectivity index (χ0n) is 6.43. The van der Waals surface area contributed by atoms with Crippen LogP contribution in [0.5, 0.6) is 0 Å². The number of rotatable bonds is 0. The molecule has 0 saturated carbocycles. The van der Waals surface area contributed by atoms with Gasteiger partial charge in [0.1, 0.15) is 0 Å². The average Bonchev–Trinajstić information content (AvgIpc) is 2.47. The molecule has 0 aromatic carbocycles. The van der Waals surface area contributed by atoms with Crippen LogP contribution in [0.4, 0.5) is 0 Å². The van der Waals surface area contributed by atoms with Crippen molar-refractivity contribution >= 4 is 0 Å². The predicted molar refractivity (Wildman–Crippen MR) is 39.6 cm³/mol. The topological polar surface area (TPSA) is 6.25 Å². The molecule has 0 N–H and O–H groups in total. The summed E-state index contributed by atoms with van der Waals surface area (Å²) in [4.78, 5) is 4.56. The highest BCUT2D eigenvalue weighted by Gasteiger charge is 2.07. The third kappa shape index (κ3) is 3.49. The minimum Gasteiger partial charge on any atom is -0.306 e. The van der Waals surface area contributed by atoms with E-state index in [1.54, 1.807) is 0 Å². The van der Waals surface area contributed by atoms with Gasteiger partial charge < -0.3 is 9.80 Å². The molecule has 0 aromatic heterocycles. The summed E-state index contributed by atoms with van der Waals surface area (Å²) >= 11 is 0. The summed E-state index contributed by atoms with van der Waals surface area (Å²) in [6.45, 7) is 5.28. The molecule has 2 fully saturated rings. The lowest BCUT2D eigenvalue weighted by Crippen LogP contribution is -2.32. The van der Waals surface area contributed by atoms with E-state index in [0.717, 1.165) is 0 Å². The smallest absolute Gasteiger partial charge is 0.0107 e. The Morgan fingerprint density at radius 1 is 0.778 bits per heavy atom. The number of likely N-dealkylation sites (tertiary alicyclic amines) is 1. The van der Waals surface area contributed by atoms with Crippen LogP contribution in [0.1, 0.15) is 6.42 Å². The molecule has 2 heterocycles. The first-order valence-electron chi connectivity index (χ1n) is 3.66. The lowest BCUT2D eigenvalue weighted by molar-refractivity contribution is 0.229. The molecule has 9 heavy (non-hydrogen) atoms. The normalized spacial score (nSPS) is 26.0. The highest BCUT2D eigenvalue weighted by Crippen LogP contribution is 1.98. The lowest BCUT2D eigenvalue weighted by Gasteiger charge is -2.24. The second-order valence-corrected chi connectivity index (χ2v) is 2.96. The van der Waals surface area contributed by atoms with E-state index in [0.29, 0.717) is 0 Å². The van der Waals surface area contributed by atoms with Crippen molar-refractivity contribution in [2.24, 2.45) is 0 Å². The molecule has 2 saturated heterocycles. The molecule has 0 radical (unpaired) electrons. The van der Waals surface area contributed by atoms with Crippen LogP contribution < -0.4 is 0 Å². The Labute approximate surface area is 57.4 Å². The fraction of sp³-hybridized carbons (Fsp3) is 1.00. The van der Waals surface area contributed by atoms with Crippen molar-refractivity contribution in [2.75, 3.05) is 40.3 Å². The molecular weight excluding hydrogens is 112 g/mol. The first kappa shape index (κ1) is 7.03. The Morgan fingerprint density at radius 2 is 1.00 bits per heavy atom. The molecule has 2 aliphatic rings. The summed E-state index contributed by atoms with van der Waals surface area (Å²) in [5.41, 5.74) is 0. The largest absolute Gasteiger partial charge is 0.306 e. The van der Waals surface area contributed by atoms with Gasteiger partial charge >= 0.3 is 0 Å². The van der Waals surface area contributed by atoms with Crippen LogP contribution in [-0.2, 0) is 0 Å². The van der Waals surface area contributed by atoms with Gasteiger partial charge in [0, 0.05) is 13.1 Å². The average molecular weight is 128 g/mol. The lowest BCUT2D eigenvalue weighted by atomic mass is 10.3. The van der Waals surface area contributed by atoms with Crippen LogP contribution in [0.25, 0.3) is 0 Å². The molecule has 2 heteroatoms. The predicted octanol–water partition coefficient (Wildman–Crippen LogP) is 0.254. The van der Waals surface area contributed by atoms with Gasteiger partial charge in [-0.2, -0.15) is 0 Å². The maximum Gasteiger partial charge on any atom is 0.0107 e. The van der Waals surface area contributed by atoms with Crippen LogP contribution in [0.3, 0.4) is 0 Å². The molecule has 0 bridgehead atoms. The highest BCUT2D eigenvalue weighted by atomic mass is 15.2. The molecule has 0 unspecified atom stereocenters. The second-order valence-electron chi connectivity index (χ2n) is 2.96. The first-order chi connectivity index (χ1) is 4.29. The van der Waals surface area contributed by atoms with E-state index in [9.17, 15) is 0 Å². The van der Waals surface area contributed by atoms with Crippen molar-refractivity contribution in [1.82, 2.24) is 9.80 Å². The molecule has 2 rings (SSSR count). The number of hydrogen-bond donors (Lipinski definition) is 0. The molecule has 0 aromatic rings. The van der Waals surface area contributed by atoms with Gasteiger partial charge in [0.05, 0.1) is 0 Å². The second kappa shape index (κ2) is 3.18. The quantitative estimate of drug-likeness (QED) is 0.431. The summed E-state index contributed by atoms with van der Waals surface area (Å²) in [5, 5.41) is 0. The molecule has 0 atom stereocenters. The number of hydrogen-bond acceptors (Lipinski definition) is 2. The Bertz CT molecular complexity index is 75.0. The van der Waals surface area contributed by atoms with Gasteiger partial charge in [-0.05, 0) is 33.6 Å². The Morgan fingerprint density at radius 3 is 1.00 bits per heavy atom. The summed E-state index contributed by atoms with van der Waals surface area (Å²) in [7, 11) is 4.25. The van der Waals surface area contributed by atoms with Gasteiger partial charge in [-0.1, -0.05) is 0 Å². The van der Waals surface area contributed by atoms with E-state index in [-0.39, 0.29) is 0 Å². The van der Waals surface area contributed by atoms with Crippen LogP contribution in [-0.4, -0.2) is 50.1 Å². The van der Waals surface area contributed by atoms with Gasteiger partial charge in [0.15, 0.2) is 0 Å². The first-order valence-corrected chi connectivity index (χ1v) is 3.66. The van der Waals surface area contributed by atoms with Gasteiger partial charge in [0.25, 0.3) is 0 Å². The SMILES string of the molecule is CN1CC1.CN1CCC1. The van der Waals surface area contributed by atoms with Crippen molar-refractivity contribution in [3.8, 4) is 0 Å². The number of nitrogens with zero attached hydrogens (tertiary/aromatic N) is 2. The molecule has 0 amide bonds. The van der Waals surface area contributed by atoms with Crippen LogP contribution >= 0.6 is 0 Å². The zero-order valence-corrected chi connectivity index (χ0v) is 6.43. The maximum atomic E-state index is 2.31. The van der Waals surface area contributed by atoms with Crippen molar-refractivity contribution < 1.29 is 0 Å². The van der Waals surface area contributed by atoms with E-state index in [1.807, 2.05) is 0 Å². The monoisotopic (exact) mass is 128 g/mol. The van der Waals surface area contributed by atoms with Gasteiger partial charge in [-0.3, -0.25) is 0 Å². The minimum atomic E-state index is 1.32. The van der Waals surface area contributed by atoms with E-state index in [1.165, 1.54) is 32.6 Å². The summed E-state index contributed by atoms with van der Waals surface area (Å²) < 4.78 is 0. The summed E-state index contributed by atoms with van der Waals surface area (Å²) in [6, 6.07) is 0. The van der Waals surface area contributed by atoms with Crippen molar-refractivity contribution in [3.05, 3.63) is 0 Å². The van der Waals surface area contributed by atoms with E-state index in [4.69, 9.17) is 0 Å². The molecule has 54 valence electrons. The van der Waals surface area contributed by atoms with Crippen LogP contribution in [0, 0.1) is 0 Å². The fourth-order valence-electron chi connectivity index (χ4n) is 0.574. The summed E-state index contributed by atoms with van der Waals surface area (Å²) in [6.07, 6.45) is 1.41. The third-order valence-electron chi connectivity index (χ3n) is 1.75. The van der Waals surface area contributed by atoms with Crippen LogP contribution in [0.15, 0.2) is 0 Å². The Kier molecular flexibility index (Phi) is 2.49. The van der Waals surface area contributed by atoms with Gasteiger partial charge in [-0.15, -0.1) is 0 Å². The van der Waals surface area contributed by atoms with Gasteiger partial charge in [-0.25, -0.2) is 0 Å². The van der Waals surface area contributed by atoms with E-state index in [2.05, 4.69) is 23.9 Å². The Hall–Kier alpha value is -0.0800. The molecular formula is C7H16N2. The zero-order chi connectivity index (χ0) is 6.69. The van der Waals surface area contributed by atoms with Crippen LogP contribution in [0.2, 0.25) is 0 Å². The Balaban J connectivity index is 0.0000000922.